The number of hydrazone groups is 1. The molecule has 0 radical (unpaired) electrons. The number of likely N-dealkylation sites (N-methyl/N-ethyl adjacent to an activating group) is 1. The Morgan fingerprint density at radius 1 is 0.805 bits per heavy atom. The van der Waals surface area contributed by atoms with Crippen LogP contribution >= 0.6 is 0 Å². The van der Waals surface area contributed by atoms with Gasteiger partial charge in [0, 0.05) is 24.3 Å². The quantitative estimate of drug-likeness (QED) is 0.120. The zero-order valence-corrected chi connectivity index (χ0v) is 23.8. The smallest absolute Gasteiger partial charge is 0.316 e. The van der Waals surface area contributed by atoms with Crippen LogP contribution in [0.5, 0.6) is 11.5 Å². The summed E-state index contributed by atoms with van der Waals surface area (Å²) in [6.45, 7) is 3.56. The fourth-order valence-corrected chi connectivity index (χ4v) is 4.89. The maximum Gasteiger partial charge on any atom is 0.316 e. The summed E-state index contributed by atoms with van der Waals surface area (Å²) >= 11 is -3.72. The monoisotopic (exact) mass is 594 g/mol. The van der Waals surface area contributed by atoms with Crippen LogP contribution in [0.2, 0.25) is 0 Å². The summed E-state index contributed by atoms with van der Waals surface area (Å²) in [6, 6.07) is 20.0. The first kappa shape index (κ1) is 29.2. The Labute approximate surface area is 241 Å². The van der Waals surface area contributed by atoms with Gasteiger partial charge in [-0.15, -0.1) is 0 Å². The third-order valence-electron chi connectivity index (χ3n) is 5.85. The summed E-state index contributed by atoms with van der Waals surface area (Å²) in [6.07, 6.45) is 0. The fraction of sp³-hybridized carbons (Fsp3) is 0.148. The number of carbonyl (C=O) groups is 2. The molecule has 1 heterocycles. The van der Waals surface area contributed by atoms with E-state index in [1.165, 1.54) is 7.05 Å². The highest BCUT2D eigenvalue weighted by Gasteiger charge is 2.38. The van der Waals surface area contributed by atoms with Crippen LogP contribution in [0.3, 0.4) is 0 Å². The number of aryl methyl sites for hydroxylation is 1. The largest absolute Gasteiger partial charge is 0.385 e. The molecule has 3 aromatic carbocycles. The Morgan fingerprint density at radius 3 is 1.76 bits per heavy atom. The van der Waals surface area contributed by atoms with E-state index in [0.717, 1.165) is 10.5 Å². The molecule has 3 unspecified atom stereocenters. The van der Waals surface area contributed by atoms with Gasteiger partial charge in [0.15, 0.2) is 0 Å². The molecule has 12 nitrogen and oxygen atoms in total. The van der Waals surface area contributed by atoms with Gasteiger partial charge in [-0.3, -0.25) is 34.8 Å². The predicted molar refractivity (Wildman–Crippen MR) is 158 cm³/mol. The molecule has 0 spiro atoms. The highest BCUT2D eigenvalue weighted by Crippen LogP contribution is 2.23. The van der Waals surface area contributed by atoms with Crippen molar-refractivity contribution in [3.05, 3.63) is 83.9 Å². The topological polar surface area (TPSA) is 162 Å². The van der Waals surface area contributed by atoms with Crippen molar-refractivity contribution in [2.75, 3.05) is 21.9 Å². The Hall–Kier alpha value is -4.78. The fourth-order valence-electron chi connectivity index (χ4n) is 3.58. The summed E-state index contributed by atoms with van der Waals surface area (Å²) in [7, 11) is 1.32. The third-order valence-corrected chi connectivity index (χ3v) is 7.34. The summed E-state index contributed by atoms with van der Waals surface area (Å²) < 4.78 is 40.9. The second kappa shape index (κ2) is 13.0. The van der Waals surface area contributed by atoms with Gasteiger partial charge in [-0.1, -0.05) is 24.6 Å². The van der Waals surface area contributed by atoms with Crippen LogP contribution in [0.1, 0.15) is 12.5 Å². The first-order valence-electron chi connectivity index (χ1n) is 12.1. The number of piperidine rings is 1. The lowest BCUT2D eigenvalue weighted by atomic mass is 9.91. The van der Waals surface area contributed by atoms with Crippen LogP contribution in [0, 0.1) is 18.3 Å². The summed E-state index contributed by atoms with van der Waals surface area (Å²) in [5.74, 6) is 0.899. The van der Waals surface area contributed by atoms with Crippen LogP contribution in [-0.2, 0) is 32.1 Å². The molecule has 0 aromatic heterocycles. The number of amides is 2. The van der Waals surface area contributed by atoms with E-state index in [1.807, 2.05) is 19.1 Å². The van der Waals surface area contributed by atoms with Gasteiger partial charge in [-0.05, 0) is 73.5 Å². The standard InChI is InChI=1S/C27H26N6O6S2/c1-17-4-6-20(7-5-17)31-40(36)39-23-14-10-21(11-15-23)32-41(37)38-22-12-8-19(9-13-22)29-30-25-18(2)24(16-28)26(34)33(3)27(25)35/h4-15,18,28-29,31-32H,1-3H3. The molecule has 4 N–H and O–H groups in total. The lowest BCUT2D eigenvalue weighted by molar-refractivity contribution is -0.138. The molecule has 3 aromatic rings. The van der Waals surface area contributed by atoms with Crippen molar-refractivity contribution in [1.82, 2.24) is 4.90 Å². The van der Waals surface area contributed by atoms with E-state index in [1.54, 1.807) is 67.6 Å². The molecule has 0 aliphatic carbocycles. The van der Waals surface area contributed by atoms with Gasteiger partial charge in [0.25, 0.3) is 11.8 Å². The van der Waals surface area contributed by atoms with Gasteiger partial charge in [-0.25, -0.2) is 0 Å². The van der Waals surface area contributed by atoms with Gasteiger partial charge in [0.05, 0.1) is 11.3 Å². The van der Waals surface area contributed by atoms with Crippen molar-refractivity contribution in [3.63, 3.8) is 0 Å². The Kier molecular flexibility index (Phi) is 9.30. The summed E-state index contributed by atoms with van der Waals surface area (Å²) in [5, 5.41) is 11.5. The number of carbonyl (C=O) groups excluding carboxylic acids is 2. The minimum atomic E-state index is -1.92. The van der Waals surface area contributed by atoms with Crippen LogP contribution in [-0.4, -0.2) is 43.8 Å². The molecular weight excluding hydrogens is 568 g/mol. The van der Waals surface area contributed by atoms with E-state index in [2.05, 4.69) is 25.8 Å². The van der Waals surface area contributed by atoms with Gasteiger partial charge in [0.2, 0.25) is 0 Å². The lowest BCUT2D eigenvalue weighted by Gasteiger charge is -2.27. The highest BCUT2D eigenvalue weighted by atomic mass is 32.2. The average Bonchev–Trinajstić information content (AvgIpc) is 2.95. The molecule has 1 aliphatic rings. The van der Waals surface area contributed by atoms with Gasteiger partial charge >= 0.3 is 22.5 Å². The van der Waals surface area contributed by atoms with E-state index in [0.29, 0.717) is 28.6 Å². The number of nitrogens with zero attached hydrogens (tertiary/aromatic N) is 2. The number of nitrogens with one attached hydrogen (secondary N) is 4. The van der Waals surface area contributed by atoms with Crippen molar-refractivity contribution in [2.45, 2.75) is 13.8 Å². The maximum atomic E-state index is 12.4. The molecule has 3 atom stereocenters. The number of hydrogen-bond acceptors (Lipinski definition) is 9. The zero-order chi connectivity index (χ0) is 29.5. The van der Waals surface area contributed by atoms with Crippen molar-refractivity contribution < 1.29 is 26.4 Å². The van der Waals surface area contributed by atoms with Crippen LogP contribution in [0.4, 0.5) is 17.1 Å². The van der Waals surface area contributed by atoms with Crippen molar-refractivity contribution in [1.29, 1.82) is 5.41 Å². The molecule has 1 saturated heterocycles. The third kappa shape index (κ3) is 7.45. The molecule has 1 aliphatic heterocycles. The highest BCUT2D eigenvalue weighted by molar-refractivity contribution is 7.82. The molecule has 0 saturated carbocycles. The van der Waals surface area contributed by atoms with Crippen LogP contribution in [0.25, 0.3) is 0 Å². The number of hydrogen-bond donors (Lipinski definition) is 4. The second-order valence-electron chi connectivity index (χ2n) is 8.79. The molecule has 4 rings (SSSR count). The molecule has 212 valence electrons. The van der Waals surface area contributed by atoms with Crippen molar-refractivity contribution in [3.8, 4) is 11.5 Å². The van der Waals surface area contributed by atoms with Gasteiger partial charge in [-0.2, -0.15) is 13.5 Å². The number of benzene rings is 3. The minimum Gasteiger partial charge on any atom is -0.385 e. The van der Waals surface area contributed by atoms with Crippen LogP contribution in [0.15, 0.2) is 83.5 Å². The maximum absolute atomic E-state index is 12.4. The van der Waals surface area contributed by atoms with E-state index >= 15 is 0 Å². The summed E-state index contributed by atoms with van der Waals surface area (Å²) in [5.41, 5.74) is 5.59. The zero-order valence-electron chi connectivity index (χ0n) is 22.2. The molecule has 2 amide bonds. The number of imide groups is 1. The normalized spacial score (nSPS) is 17.4. The molecule has 1 fully saturated rings. The molecule has 41 heavy (non-hydrogen) atoms. The Morgan fingerprint density at radius 2 is 1.27 bits per heavy atom. The first-order chi connectivity index (χ1) is 19.6. The van der Waals surface area contributed by atoms with E-state index < -0.39 is 40.3 Å². The predicted octanol–water partition coefficient (Wildman–Crippen LogP) is 3.71. The SMILES string of the molecule is Cc1ccc(NS(=O)Oc2ccc(NS(=O)Oc3ccc(NN=C4C(=O)N(C)C(=O)C(=C=N)C4C)cc3)cc2)cc1. The van der Waals surface area contributed by atoms with Crippen molar-refractivity contribution in [2.24, 2.45) is 11.0 Å². The van der Waals surface area contributed by atoms with E-state index in [4.69, 9.17) is 13.8 Å². The number of rotatable bonds is 10. The Bertz CT molecular complexity index is 1570. The number of anilines is 3. The molecule has 0 bridgehead atoms. The Balaban J connectivity index is 1.28. The van der Waals surface area contributed by atoms with Crippen LogP contribution < -0.4 is 23.2 Å². The van der Waals surface area contributed by atoms with E-state index in [-0.39, 0.29) is 11.3 Å². The van der Waals surface area contributed by atoms with Gasteiger partial charge < -0.3 is 8.37 Å². The van der Waals surface area contributed by atoms with Gasteiger partial charge in [0.1, 0.15) is 17.2 Å². The lowest BCUT2D eigenvalue weighted by Crippen LogP contribution is -2.48. The minimum absolute atomic E-state index is 0.0404. The second-order valence-corrected chi connectivity index (χ2v) is 10.5. The van der Waals surface area contributed by atoms with E-state index in [9.17, 15) is 18.0 Å². The average molecular weight is 595 g/mol. The first-order valence-corrected chi connectivity index (χ1v) is 14.3. The summed E-state index contributed by atoms with van der Waals surface area (Å²) in [4.78, 5) is 25.4. The molecule has 14 heteroatoms. The number of likely N-dealkylation sites (tertiary alicyclic amines) is 1. The molecular formula is C27H26N6O6S2. The van der Waals surface area contributed by atoms with Crippen molar-refractivity contribution >= 4 is 63.0 Å².